The predicted molar refractivity (Wildman–Crippen MR) is 147 cm³/mol. The summed E-state index contributed by atoms with van der Waals surface area (Å²) in [4.78, 5) is 43.1. The highest BCUT2D eigenvalue weighted by Crippen LogP contribution is 2.67. The molecular formula is C27H38BrN3O4S. The van der Waals surface area contributed by atoms with Gasteiger partial charge in [0.25, 0.3) is 0 Å². The van der Waals surface area contributed by atoms with E-state index in [0.29, 0.717) is 18.5 Å². The molecular weight excluding hydrogens is 542 g/mol. The Labute approximate surface area is 226 Å². The van der Waals surface area contributed by atoms with Crippen LogP contribution in [0.25, 0.3) is 0 Å². The number of aliphatic hydroxyl groups excluding tert-OH is 1. The Balaban J connectivity index is 1.67. The first-order valence-electron chi connectivity index (χ1n) is 12.7. The van der Waals surface area contributed by atoms with E-state index in [9.17, 15) is 19.5 Å². The van der Waals surface area contributed by atoms with Gasteiger partial charge in [0, 0.05) is 34.5 Å². The molecule has 3 heterocycles. The molecule has 3 aliphatic heterocycles. The number of carbonyl (C=O) groups excluding carboxylic acids is 3. The van der Waals surface area contributed by atoms with Crippen molar-refractivity contribution < 1.29 is 19.5 Å². The normalized spacial score (nSPS) is 31.5. The van der Waals surface area contributed by atoms with Crippen molar-refractivity contribution in [3.05, 3.63) is 30.3 Å². The summed E-state index contributed by atoms with van der Waals surface area (Å²) in [6.45, 7) is 10.7. The number of alkyl halides is 1. The molecule has 0 radical (unpaired) electrons. The van der Waals surface area contributed by atoms with E-state index in [0.717, 1.165) is 6.42 Å². The molecule has 4 rings (SSSR count). The zero-order chi connectivity index (χ0) is 26.5. The molecule has 3 unspecified atom stereocenters. The third-order valence-corrected chi connectivity index (χ3v) is 10.6. The molecule has 0 aliphatic carbocycles. The van der Waals surface area contributed by atoms with Crippen LogP contribution < -0.4 is 10.6 Å². The monoisotopic (exact) mass is 579 g/mol. The van der Waals surface area contributed by atoms with Crippen LogP contribution in [0.15, 0.2) is 30.3 Å². The van der Waals surface area contributed by atoms with E-state index in [1.807, 2.05) is 44.2 Å². The van der Waals surface area contributed by atoms with Gasteiger partial charge in [-0.15, -0.1) is 11.8 Å². The number of thioether (sulfide) groups is 1. The van der Waals surface area contributed by atoms with Crippen LogP contribution in [-0.4, -0.2) is 67.3 Å². The van der Waals surface area contributed by atoms with E-state index in [-0.39, 0.29) is 46.4 Å². The molecule has 36 heavy (non-hydrogen) atoms. The van der Waals surface area contributed by atoms with Gasteiger partial charge in [0.05, 0.1) is 16.6 Å². The summed E-state index contributed by atoms with van der Waals surface area (Å²) in [6.07, 6.45) is 1.80. The Hall–Kier alpha value is -1.58. The average molecular weight is 581 g/mol. The standard InChI is InChI=1S/C27H38BrN3O4S/c1-25(2,3)15-26(4,5)30-23(34)21-27-14-17(28)20(36-27)18(19(27)24(35)31(21)12-9-13-32)22(33)29-16-10-7-6-8-11-16/h6-8,10-11,17-21,32H,9,12-15H2,1-5H3,(H,29,33)(H,30,34)/t17?,18-,19+,20-,21?,27?/m1/s1. The fourth-order valence-electron chi connectivity index (χ4n) is 6.73. The molecule has 9 heteroatoms. The van der Waals surface area contributed by atoms with Crippen molar-refractivity contribution >= 4 is 51.1 Å². The van der Waals surface area contributed by atoms with Crippen molar-refractivity contribution in [3.8, 4) is 0 Å². The van der Waals surface area contributed by atoms with Gasteiger partial charge in [0.15, 0.2) is 0 Å². The minimum absolute atomic E-state index is 0.0157. The van der Waals surface area contributed by atoms with Crippen LogP contribution in [0.5, 0.6) is 0 Å². The topological polar surface area (TPSA) is 98.7 Å². The third-order valence-electron chi connectivity index (χ3n) is 7.37. The molecule has 1 spiro atoms. The van der Waals surface area contributed by atoms with Crippen molar-refractivity contribution in [1.82, 2.24) is 10.2 Å². The van der Waals surface area contributed by atoms with Gasteiger partial charge in [-0.3, -0.25) is 14.4 Å². The Morgan fingerprint density at radius 3 is 2.44 bits per heavy atom. The summed E-state index contributed by atoms with van der Waals surface area (Å²) in [5.41, 5.74) is 0.243. The van der Waals surface area contributed by atoms with E-state index < -0.39 is 28.2 Å². The lowest BCUT2D eigenvalue weighted by Crippen LogP contribution is -2.58. The molecule has 6 atom stereocenters. The maximum Gasteiger partial charge on any atom is 0.244 e. The molecule has 3 saturated heterocycles. The minimum Gasteiger partial charge on any atom is -0.396 e. The summed E-state index contributed by atoms with van der Waals surface area (Å²) >= 11 is 5.42. The average Bonchev–Trinajstić information content (AvgIpc) is 3.34. The highest BCUT2D eigenvalue weighted by Gasteiger charge is 2.75. The lowest BCUT2D eigenvalue weighted by Gasteiger charge is -2.39. The number of hydrogen-bond acceptors (Lipinski definition) is 5. The van der Waals surface area contributed by atoms with Gasteiger partial charge in [-0.2, -0.15) is 0 Å². The van der Waals surface area contributed by atoms with E-state index in [4.69, 9.17) is 0 Å². The third kappa shape index (κ3) is 5.07. The Kier molecular flexibility index (Phi) is 7.59. The number of hydrogen-bond donors (Lipinski definition) is 3. The number of amides is 3. The first-order valence-corrected chi connectivity index (χ1v) is 14.5. The zero-order valence-electron chi connectivity index (χ0n) is 21.7. The predicted octanol–water partition coefficient (Wildman–Crippen LogP) is 3.80. The van der Waals surface area contributed by atoms with Gasteiger partial charge in [0.2, 0.25) is 17.7 Å². The van der Waals surface area contributed by atoms with Gasteiger partial charge in [0.1, 0.15) is 6.04 Å². The summed E-state index contributed by atoms with van der Waals surface area (Å²) in [5.74, 6) is -1.63. The van der Waals surface area contributed by atoms with E-state index in [2.05, 4.69) is 47.3 Å². The van der Waals surface area contributed by atoms with E-state index >= 15 is 0 Å². The lowest BCUT2D eigenvalue weighted by molar-refractivity contribution is -0.139. The second kappa shape index (κ2) is 9.95. The highest BCUT2D eigenvalue weighted by atomic mass is 79.9. The summed E-state index contributed by atoms with van der Waals surface area (Å²) in [5, 5.41) is 15.7. The smallest absolute Gasteiger partial charge is 0.244 e. The highest BCUT2D eigenvalue weighted by molar-refractivity contribution is 9.09. The molecule has 7 nitrogen and oxygen atoms in total. The van der Waals surface area contributed by atoms with Gasteiger partial charge < -0.3 is 20.6 Å². The number of nitrogens with one attached hydrogen (secondary N) is 2. The van der Waals surface area contributed by atoms with E-state index in [1.165, 1.54) is 0 Å². The van der Waals surface area contributed by atoms with Crippen molar-refractivity contribution in [3.63, 3.8) is 0 Å². The molecule has 3 fully saturated rings. The molecule has 2 bridgehead atoms. The fourth-order valence-corrected chi connectivity index (χ4v) is 10.3. The van der Waals surface area contributed by atoms with Crippen molar-refractivity contribution in [2.45, 2.75) is 80.3 Å². The van der Waals surface area contributed by atoms with Gasteiger partial charge in [-0.1, -0.05) is 54.9 Å². The van der Waals surface area contributed by atoms with E-state index in [1.54, 1.807) is 16.7 Å². The van der Waals surface area contributed by atoms with Crippen molar-refractivity contribution in [1.29, 1.82) is 0 Å². The SMILES string of the molecule is CC(C)(C)CC(C)(C)NC(=O)C1N(CCCO)C(=O)[C@@H]2[C@@H](C(=O)Nc3ccccc3)[C@@H]3SC12CC3Br. The summed E-state index contributed by atoms with van der Waals surface area (Å²) in [6, 6.07) is 8.57. The molecule has 1 aromatic carbocycles. The number of carbonyl (C=O) groups is 3. The first-order chi connectivity index (χ1) is 16.8. The molecule has 0 aromatic heterocycles. The number of para-hydroxylation sites is 1. The van der Waals surface area contributed by atoms with Crippen LogP contribution in [-0.2, 0) is 14.4 Å². The van der Waals surface area contributed by atoms with Crippen LogP contribution in [0.3, 0.4) is 0 Å². The Bertz CT molecular complexity index is 1010. The largest absolute Gasteiger partial charge is 0.396 e. The molecule has 3 aliphatic rings. The fraction of sp³-hybridized carbons (Fsp3) is 0.667. The second-order valence-electron chi connectivity index (χ2n) is 12.2. The van der Waals surface area contributed by atoms with Crippen LogP contribution in [0, 0.1) is 17.3 Å². The summed E-state index contributed by atoms with van der Waals surface area (Å²) in [7, 11) is 0. The maximum absolute atomic E-state index is 14.0. The van der Waals surface area contributed by atoms with Crippen molar-refractivity contribution in [2.24, 2.45) is 17.3 Å². The molecule has 3 N–H and O–H groups in total. The minimum atomic E-state index is -0.689. The molecule has 0 saturated carbocycles. The molecule has 198 valence electrons. The van der Waals surface area contributed by atoms with Gasteiger partial charge >= 0.3 is 0 Å². The number of fused-ring (bicyclic) bond motifs is 1. The lowest BCUT2D eigenvalue weighted by atomic mass is 9.70. The Morgan fingerprint density at radius 1 is 1.17 bits per heavy atom. The quantitative estimate of drug-likeness (QED) is 0.407. The molecule has 3 amide bonds. The first kappa shape index (κ1) is 27.5. The number of halogens is 1. The number of likely N-dealkylation sites (tertiary alicyclic amines) is 1. The number of nitrogens with zero attached hydrogens (tertiary/aromatic N) is 1. The van der Waals surface area contributed by atoms with Crippen LogP contribution in [0.2, 0.25) is 0 Å². The number of anilines is 1. The molecule has 1 aromatic rings. The summed E-state index contributed by atoms with van der Waals surface area (Å²) < 4.78 is -0.689. The number of benzene rings is 1. The van der Waals surface area contributed by atoms with Crippen LogP contribution >= 0.6 is 27.7 Å². The van der Waals surface area contributed by atoms with Crippen molar-refractivity contribution in [2.75, 3.05) is 18.5 Å². The van der Waals surface area contributed by atoms with Gasteiger partial charge in [-0.05, 0) is 50.7 Å². The van der Waals surface area contributed by atoms with Gasteiger partial charge in [-0.25, -0.2) is 0 Å². The van der Waals surface area contributed by atoms with Crippen LogP contribution in [0.4, 0.5) is 5.69 Å². The zero-order valence-corrected chi connectivity index (χ0v) is 24.1. The number of aliphatic hydroxyl groups is 1. The van der Waals surface area contributed by atoms with Crippen LogP contribution in [0.1, 0.15) is 53.9 Å². The maximum atomic E-state index is 14.0. The second-order valence-corrected chi connectivity index (χ2v) is 15.0. The Morgan fingerprint density at radius 2 is 1.83 bits per heavy atom. The number of rotatable bonds is 8.